The van der Waals surface area contributed by atoms with Crippen molar-refractivity contribution in [3.63, 3.8) is 0 Å². The van der Waals surface area contributed by atoms with Crippen LogP contribution in [0.25, 0.3) is 0 Å². The zero-order chi connectivity index (χ0) is 23.5. The molecular formula is C25H27F3N2O3. The van der Waals surface area contributed by atoms with E-state index < -0.39 is 23.7 Å². The first kappa shape index (κ1) is 23.1. The van der Waals surface area contributed by atoms with Crippen LogP contribution >= 0.6 is 0 Å². The second kappa shape index (κ2) is 9.45. The maximum absolute atomic E-state index is 13.2. The summed E-state index contributed by atoms with van der Waals surface area (Å²) in [5, 5.41) is 0.904. The van der Waals surface area contributed by atoms with Gasteiger partial charge in [0.2, 0.25) is 0 Å². The Labute approximate surface area is 191 Å². The van der Waals surface area contributed by atoms with Crippen LogP contribution < -0.4 is 0 Å². The fourth-order valence-corrected chi connectivity index (χ4v) is 4.62. The molecule has 1 fully saturated rings. The van der Waals surface area contributed by atoms with E-state index in [1.54, 1.807) is 24.3 Å². The SMILES string of the molecule is CC1(c2ccccc2)N=C(OCC2CCCCC2)N(OC(=O)C(F)(F)F)C1c1ccccc1. The van der Waals surface area contributed by atoms with E-state index in [1.165, 1.54) is 6.42 Å². The lowest BCUT2D eigenvalue weighted by Crippen LogP contribution is -2.42. The van der Waals surface area contributed by atoms with E-state index in [0.717, 1.165) is 36.3 Å². The van der Waals surface area contributed by atoms with Crippen LogP contribution in [-0.4, -0.2) is 29.8 Å². The number of benzene rings is 2. The molecule has 1 aliphatic heterocycles. The third kappa shape index (κ3) is 4.99. The van der Waals surface area contributed by atoms with Gasteiger partial charge in [0.15, 0.2) is 0 Å². The highest BCUT2D eigenvalue weighted by molar-refractivity contribution is 5.81. The van der Waals surface area contributed by atoms with Crippen molar-refractivity contribution in [2.24, 2.45) is 10.9 Å². The number of rotatable bonds is 5. The zero-order valence-electron chi connectivity index (χ0n) is 18.4. The molecule has 2 aromatic carbocycles. The lowest BCUT2D eigenvalue weighted by Gasteiger charge is -2.34. The number of carbonyl (C=O) groups excluding carboxylic acids is 1. The molecular weight excluding hydrogens is 433 g/mol. The number of nitrogens with zero attached hydrogens (tertiary/aromatic N) is 2. The monoisotopic (exact) mass is 460 g/mol. The molecule has 2 atom stereocenters. The molecule has 5 nitrogen and oxygen atoms in total. The Morgan fingerprint density at radius 2 is 1.64 bits per heavy atom. The first-order chi connectivity index (χ1) is 15.8. The van der Waals surface area contributed by atoms with Crippen LogP contribution in [-0.2, 0) is 19.9 Å². The minimum atomic E-state index is -5.15. The first-order valence-electron chi connectivity index (χ1n) is 11.2. The van der Waals surface area contributed by atoms with Gasteiger partial charge in [-0.25, -0.2) is 9.79 Å². The summed E-state index contributed by atoms with van der Waals surface area (Å²) < 4.78 is 45.5. The third-order valence-corrected chi connectivity index (χ3v) is 6.34. The molecule has 176 valence electrons. The van der Waals surface area contributed by atoms with Crippen molar-refractivity contribution in [2.45, 2.75) is 56.8 Å². The van der Waals surface area contributed by atoms with Crippen molar-refractivity contribution in [1.29, 1.82) is 0 Å². The Hall–Kier alpha value is -3.03. The molecule has 2 unspecified atom stereocenters. The average molecular weight is 460 g/mol. The van der Waals surface area contributed by atoms with Crippen LogP contribution in [0.5, 0.6) is 0 Å². The quantitative estimate of drug-likeness (QED) is 0.555. The van der Waals surface area contributed by atoms with E-state index in [-0.39, 0.29) is 6.02 Å². The van der Waals surface area contributed by atoms with E-state index in [2.05, 4.69) is 0 Å². The second-order valence-corrected chi connectivity index (χ2v) is 8.74. The molecule has 0 bridgehead atoms. The van der Waals surface area contributed by atoms with Gasteiger partial charge >= 0.3 is 18.2 Å². The Bertz CT molecular complexity index is 975. The summed E-state index contributed by atoms with van der Waals surface area (Å²) in [4.78, 5) is 21.5. The molecule has 33 heavy (non-hydrogen) atoms. The lowest BCUT2D eigenvalue weighted by atomic mass is 9.82. The van der Waals surface area contributed by atoms with Crippen molar-refractivity contribution in [2.75, 3.05) is 6.61 Å². The Kier molecular flexibility index (Phi) is 6.63. The van der Waals surface area contributed by atoms with E-state index in [9.17, 15) is 18.0 Å². The fourth-order valence-electron chi connectivity index (χ4n) is 4.62. The maximum Gasteiger partial charge on any atom is 0.493 e. The van der Waals surface area contributed by atoms with Gasteiger partial charge in [0.05, 0.1) is 6.61 Å². The topological polar surface area (TPSA) is 51.1 Å². The molecule has 2 aromatic rings. The number of amidine groups is 1. The predicted octanol–water partition coefficient (Wildman–Crippen LogP) is 5.93. The first-order valence-corrected chi connectivity index (χ1v) is 11.2. The molecule has 1 heterocycles. The predicted molar refractivity (Wildman–Crippen MR) is 117 cm³/mol. The molecule has 0 N–H and O–H groups in total. The van der Waals surface area contributed by atoms with Gasteiger partial charge in [0, 0.05) is 0 Å². The van der Waals surface area contributed by atoms with E-state index in [1.807, 2.05) is 43.3 Å². The lowest BCUT2D eigenvalue weighted by molar-refractivity contribution is -0.234. The number of ether oxygens (including phenoxy) is 1. The van der Waals surface area contributed by atoms with Crippen molar-refractivity contribution < 1.29 is 27.5 Å². The summed E-state index contributed by atoms with van der Waals surface area (Å²) in [6.07, 6.45) is 0.209. The van der Waals surface area contributed by atoms with Crippen LogP contribution in [0.3, 0.4) is 0 Å². The summed E-state index contributed by atoms with van der Waals surface area (Å²) in [6, 6.07) is 17.2. The maximum atomic E-state index is 13.2. The molecule has 0 aromatic heterocycles. The van der Waals surface area contributed by atoms with Crippen LogP contribution in [0.15, 0.2) is 65.7 Å². The van der Waals surface area contributed by atoms with Gasteiger partial charge in [-0.1, -0.05) is 79.9 Å². The third-order valence-electron chi connectivity index (χ3n) is 6.34. The Morgan fingerprint density at radius 3 is 2.24 bits per heavy atom. The highest BCUT2D eigenvalue weighted by atomic mass is 19.4. The normalized spacial score (nSPS) is 23.8. The minimum absolute atomic E-state index is 0.113. The van der Waals surface area contributed by atoms with Gasteiger partial charge in [-0.15, -0.1) is 5.06 Å². The van der Waals surface area contributed by atoms with Gasteiger partial charge in [0.1, 0.15) is 11.6 Å². The number of hydroxylamine groups is 2. The van der Waals surface area contributed by atoms with Gasteiger partial charge in [-0.2, -0.15) is 13.2 Å². The van der Waals surface area contributed by atoms with E-state index in [4.69, 9.17) is 14.6 Å². The van der Waals surface area contributed by atoms with Crippen molar-refractivity contribution in [3.8, 4) is 0 Å². The van der Waals surface area contributed by atoms with Crippen LogP contribution in [0, 0.1) is 5.92 Å². The second-order valence-electron chi connectivity index (χ2n) is 8.74. The number of hydrogen-bond acceptors (Lipinski definition) is 5. The molecule has 0 radical (unpaired) electrons. The molecule has 1 saturated carbocycles. The van der Waals surface area contributed by atoms with Crippen LogP contribution in [0.1, 0.15) is 56.2 Å². The number of alkyl halides is 3. The largest absolute Gasteiger partial charge is 0.493 e. The van der Waals surface area contributed by atoms with Gasteiger partial charge in [-0.3, -0.25) is 0 Å². The van der Waals surface area contributed by atoms with Crippen molar-refractivity contribution >= 4 is 12.0 Å². The summed E-state index contributed by atoms with van der Waals surface area (Å²) in [7, 11) is 0. The summed E-state index contributed by atoms with van der Waals surface area (Å²) in [6.45, 7) is 2.12. The summed E-state index contributed by atoms with van der Waals surface area (Å²) >= 11 is 0. The van der Waals surface area contributed by atoms with Crippen molar-refractivity contribution in [3.05, 3.63) is 71.8 Å². The summed E-state index contributed by atoms with van der Waals surface area (Å²) in [5.41, 5.74) is 0.373. The molecule has 2 aliphatic rings. The Morgan fingerprint density at radius 1 is 1.03 bits per heavy atom. The molecule has 1 aliphatic carbocycles. The van der Waals surface area contributed by atoms with Crippen LogP contribution in [0.4, 0.5) is 13.2 Å². The number of hydrogen-bond donors (Lipinski definition) is 0. The number of halogens is 3. The standard InChI is InChI=1S/C25H27F3N2O3/c1-24(20-15-9-4-10-16-20)21(19-13-7-3-8-14-19)30(33-22(31)25(26,27)28)23(29-24)32-17-18-11-5-2-6-12-18/h3-4,7-10,13-16,18,21H,2,5-6,11-12,17H2,1H3. The van der Waals surface area contributed by atoms with Gasteiger partial charge in [0.25, 0.3) is 0 Å². The highest BCUT2D eigenvalue weighted by Gasteiger charge is 2.53. The van der Waals surface area contributed by atoms with Crippen molar-refractivity contribution in [1.82, 2.24) is 5.06 Å². The average Bonchev–Trinajstić information content (AvgIpc) is 3.11. The molecule has 0 saturated heterocycles. The molecule has 8 heteroatoms. The number of carbonyl (C=O) groups is 1. The van der Waals surface area contributed by atoms with E-state index in [0.29, 0.717) is 18.1 Å². The number of aliphatic imine (C=N–C) groups is 1. The highest BCUT2D eigenvalue weighted by Crippen LogP contribution is 2.48. The molecule has 0 amide bonds. The smallest absolute Gasteiger partial charge is 0.463 e. The van der Waals surface area contributed by atoms with Gasteiger partial charge in [-0.05, 0) is 36.8 Å². The zero-order valence-corrected chi connectivity index (χ0v) is 18.4. The minimum Gasteiger partial charge on any atom is -0.463 e. The fraction of sp³-hybridized carbons (Fsp3) is 0.440. The Balaban J connectivity index is 1.73. The molecule has 4 rings (SSSR count). The molecule has 0 spiro atoms. The van der Waals surface area contributed by atoms with Crippen LogP contribution in [0.2, 0.25) is 0 Å². The van der Waals surface area contributed by atoms with E-state index >= 15 is 0 Å². The summed E-state index contributed by atoms with van der Waals surface area (Å²) in [5.74, 6) is -2.02. The van der Waals surface area contributed by atoms with Gasteiger partial charge < -0.3 is 9.57 Å².